The Bertz CT molecular complexity index is 1090. The van der Waals surface area contributed by atoms with Gasteiger partial charge in [-0.2, -0.15) is 0 Å². The van der Waals surface area contributed by atoms with E-state index in [1.807, 2.05) is 12.1 Å². The van der Waals surface area contributed by atoms with Crippen LogP contribution in [-0.2, 0) is 11.3 Å². The van der Waals surface area contributed by atoms with E-state index in [-0.39, 0.29) is 23.3 Å². The van der Waals surface area contributed by atoms with Crippen LogP contribution in [0.1, 0.15) is 16.4 Å². The molecule has 0 aliphatic carbocycles. The molecule has 1 aliphatic heterocycles. The minimum Gasteiger partial charge on any atom is -0.343 e. The van der Waals surface area contributed by atoms with Crippen molar-refractivity contribution < 1.29 is 18.4 Å². The quantitative estimate of drug-likeness (QED) is 0.708. The summed E-state index contributed by atoms with van der Waals surface area (Å²) >= 11 is 0. The van der Waals surface area contributed by atoms with Gasteiger partial charge in [-0.25, -0.2) is 8.78 Å². The maximum Gasteiger partial charge on any atom is 0.280 e. The van der Waals surface area contributed by atoms with Crippen molar-refractivity contribution in [3.05, 3.63) is 71.4 Å². The Labute approximate surface area is 150 Å². The Kier molecular flexibility index (Phi) is 3.96. The molecule has 4 rings (SSSR count). The van der Waals surface area contributed by atoms with Gasteiger partial charge in [0.15, 0.2) is 11.6 Å². The number of aromatic nitrogens is 1. The largest absolute Gasteiger partial charge is 0.343 e. The Morgan fingerprint density at radius 2 is 1.88 bits per heavy atom. The fourth-order valence-corrected chi connectivity index (χ4v) is 4.51. The predicted octanol–water partition coefficient (Wildman–Crippen LogP) is 3.96. The van der Waals surface area contributed by atoms with Crippen LogP contribution in [0.3, 0.4) is 0 Å². The van der Waals surface area contributed by atoms with Crippen molar-refractivity contribution in [3.8, 4) is 0 Å². The molecule has 1 aliphatic rings. The second-order valence-corrected chi connectivity index (χ2v) is 7.72. The van der Waals surface area contributed by atoms with Crippen molar-refractivity contribution >= 4 is 38.4 Å². The molecule has 0 saturated carbocycles. The summed E-state index contributed by atoms with van der Waals surface area (Å²) in [6.45, 7) is 0.155. The second-order valence-electron chi connectivity index (χ2n) is 6.02. The van der Waals surface area contributed by atoms with Crippen molar-refractivity contribution in [3.63, 3.8) is 0 Å². The summed E-state index contributed by atoms with van der Waals surface area (Å²) in [5, 5.41) is 2.11. The first kappa shape index (κ1) is 16.7. The lowest BCUT2D eigenvalue weighted by atomic mass is 10.1. The summed E-state index contributed by atoms with van der Waals surface area (Å²) in [6.07, 6.45) is 1.76. The first-order valence-corrected chi connectivity index (χ1v) is 9.31. The molecular formula is C19H14F2N2O2S. The van der Waals surface area contributed by atoms with Crippen molar-refractivity contribution in [2.45, 2.75) is 11.8 Å². The zero-order valence-corrected chi connectivity index (χ0v) is 14.4. The number of hydrogen-bond donors (Lipinski definition) is 1. The number of fused-ring (bicyclic) bond motifs is 1. The molecule has 4 nitrogen and oxygen atoms in total. The van der Waals surface area contributed by atoms with Crippen LogP contribution in [0.15, 0.2) is 48.7 Å². The van der Waals surface area contributed by atoms with Gasteiger partial charge in [-0.15, -0.1) is 0 Å². The molecule has 1 aromatic heterocycles. The maximum absolute atomic E-state index is 14.0. The molecule has 1 saturated heterocycles. The smallest absolute Gasteiger partial charge is 0.280 e. The van der Waals surface area contributed by atoms with E-state index in [1.165, 1.54) is 12.1 Å². The van der Waals surface area contributed by atoms with E-state index in [2.05, 4.69) is 11.2 Å². The van der Waals surface area contributed by atoms with Crippen LogP contribution in [0.5, 0.6) is 0 Å². The van der Waals surface area contributed by atoms with Gasteiger partial charge in [0.05, 0.1) is 6.54 Å². The molecule has 26 heavy (non-hydrogen) atoms. The molecule has 3 aromatic rings. The minimum atomic E-state index is -0.996. The summed E-state index contributed by atoms with van der Waals surface area (Å²) in [4.78, 5) is 23.9. The molecule has 2 unspecified atom stereocenters. The van der Waals surface area contributed by atoms with Gasteiger partial charge in [0.2, 0.25) is 5.91 Å². The molecular weight excluding hydrogens is 358 g/mol. The highest BCUT2D eigenvalue weighted by molar-refractivity contribution is 8.28. The van der Waals surface area contributed by atoms with Gasteiger partial charge < -0.3 is 4.57 Å². The van der Waals surface area contributed by atoms with Gasteiger partial charge in [0, 0.05) is 22.7 Å². The normalized spacial score (nSPS) is 19.9. The highest BCUT2D eigenvalue weighted by Crippen LogP contribution is 2.42. The van der Waals surface area contributed by atoms with E-state index in [0.717, 1.165) is 17.0 Å². The van der Waals surface area contributed by atoms with Crippen LogP contribution < -0.4 is 5.32 Å². The van der Waals surface area contributed by atoms with Gasteiger partial charge in [-0.1, -0.05) is 40.6 Å². The van der Waals surface area contributed by atoms with Gasteiger partial charge in [0.25, 0.3) is 5.24 Å². The first-order chi connectivity index (χ1) is 12.5. The van der Waals surface area contributed by atoms with Gasteiger partial charge in [0.1, 0.15) is 5.25 Å². The molecule has 2 heterocycles. The SMILES string of the molecule is C=S1C(=O)NC(=O)C1c1cccc2c1ccn2Cc1cccc(F)c1F. The van der Waals surface area contributed by atoms with Crippen LogP contribution in [0.4, 0.5) is 13.6 Å². The van der Waals surface area contributed by atoms with Crippen LogP contribution in [0, 0.1) is 11.6 Å². The Morgan fingerprint density at radius 1 is 1.12 bits per heavy atom. The van der Waals surface area contributed by atoms with Crippen molar-refractivity contribution in [1.29, 1.82) is 0 Å². The van der Waals surface area contributed by atoms with E-state index in [4.69, 9.17) is 0 Å². The van der Waals surface area contributed by atoms with Crippen molar-refractivity contribution in [2.24, 2.45) is 0 Å². The summed E-state index contributed by atoms with van der Waals surface area (Å²) in [7, 11) is -0.996. The number of imide groups is 1. The summed E-state index contributed by atoms with van der Waals surface area (Å²) in [6, 6.07) is 11.3. The number of rotatable bonds is 3. The zero-order chi connectivity index (χ0) is 18.4. The molecule has 7 heteroatoms. The maximum atomic E-state index is 14.0. The number of carbonyl (C=O) groups is 2. The molecule has 0 spiro atoms. The Morgan fingerprint density at radius 3 is 2.62 bits per heavy atom. The zero-order valence-electron chi connectivity index (χ0n) is 13.5. The number of halogens is 2. The third-order valence-electron chi connectivity index (χ3n) is 4.49. The summed E-state index contributed by atoms with van der Waals surface area (Å²) < 4.78 is 29.2. The Balaban J connectivity index is 1.79. The topological polar surface area (TPSA) is 51.1 Å². The molecule has 1 N–H and O–H groups in total. The third-order valence-corrected chi connectivity index (χ3v) is 6.10. The van der Waals surface area contributed by atoms with Gasteiger partial charge in [-0.05, 0) is 23.8 Å². The van der Waals surface area contributed by atoms with Gasteiger partial charge >= 0.3 is 0 Å². The monoisotopic (exact) mass is 372 g/mol. The second kappa shape index (κ2) is 6.17. The van der Waals surface area contributed by atoms with E-state index in [9.17, 15) is 18.4 Å². The highest BCUT2D eigenvalue weighted by Gasteiger charge is 2.36. The summed E-state index contributed by atoms with van der Waals surface area (Å²) in [5.74, 6) is 1.71. The van der Waals surface area contributed by atoms with E-state index >= 15 is 0 Å². The molecule has 2 amide bonds. The van der Waals surface area contributed by atoms with Crippen LogP contribution in [0.2, 0.25) is 0 Å². The molecule has 2 aromatic carbocycles. The van der Waals surface area contributed by atoms with Crippen LogP contribution in [0.25, 0.3) is 10.9 Å². The average Bonchev–Trinajstić information content (AvgIpc) is 3.13. The lowest BCUT2D eigenvalue weighted by Crippen LogP contribution is -2.20. The number of nitrogens with zero attached hydrogens (tertiary/aromatic N) is 1. The lowest BCUT2D eigenvalue weighted by molar-refractivity contribution is -0.119. The third kappa shape index (κ3) is 2.55. The minimum absolute atomic E-state index is 0.155. The Hall–Kier alpha value is -2.80. The van der Waals surface area contributed by atoms with Gasteiger partial charge in [-0.3, -0.25) is 14.9 Å². The molecule has 132 valence electrons. The van der Waals surface area contributed by atoms with E-state index in [0.29, 0.717) is 5.56 Å². The molecule has 0 radical (unpaired) electrons. The highest BCUT2D eigenvalue weighted by atomic mass is 32.2. The molecule has 1 fully saturated rings. The number of nitrogens with one attached hydrogen (secondary N) is 1. The fraction of sp³-hybridized carbons (Fsp3) is 0.105. The fourth-order valence-electron chi connectivity index (χ4n) is 3.23. The standard InChI is InChI=1S/C19H14F2N2O2S/c1-26-17(18(24)22-19(26)25)13-5-3-7-15-12(13)8-9-23(15)10-11-4-2-6-14(20)16(11)21/h2-9,17H,1,10H2,(H,22,24,25). The number of carbonyl (C=O) groups excluding carboxylic acids is 2. The summed E-state index contributed by atoms with van der Waals surface area (Å²) in [5.41, 5.74) is 1.72. The van der Waals surface area contributed by atoms with E-state index in [1.54, 1.807) is 22.9 Å². The number of amides is 2. The first-order valence-electron chi connectivity index (χ1n) is 7.85. The molecule has 0 bridgehead atoms. The van der Waals surface area contributed by atoms with Crippen LogP contribution >= 0.6 is 10.5 Å². The van der Waals surface area contributed by atoms with Crippen molar-refractivity contribution in [1.82, 2.24) is 9.88 Å². The van der Waals surface area contributed by atoms with Crippen LogP contribution in [-0.4, -0.2) is 21.6 Å². The number of benzene rings is 2. The molecule has 2 atom stereocenters. The lowest BCUT2D eigenvalue weighted by Gasteiger charge is -2.12. The average molecular weight is 372 g/mol. The van der Waals surface area contributed by atoms with E-state index < -0.39 is 27.4 Å². The number of hydrogen-bond acceptors (Lipinski definition) is 2. The van der Waals surface area contributed by atoms with Crippen molar-refractivity contribution in [2.75, 3.05) is 0 Å². The predicted molar refractivity (Wildman–Crippen MR) is 98.4 cm³/mol.